The number of aromatic nitrogens is 2. The van der Waals surface area contributed by atoms with Gasteiger partial charge in [0.15, 0.2) is 0 Å². The van der Waals surface area contributed by atoms with Crippen molar-refractivity contribution >= 4 is 11.8 Å². The SMILES string of the molecule is Cc1cc(C)n(CCC(=O)N2CCCC3(CCOCC3)C2C(=O)N2CCCCC2)n1. The molecule has 0 aliphatic carbocycles. The summed E-state index contributed by atoms with van der Waals surface area (Å²) < 4.78 is 7.55. The Morgan fingerprint density at radius 1 is 1.07 bits per heavy atom. The van der Waals surface area contributed by atoms with E-state index in [4.69, 9.17) is 4.74 Å². The lowest BCUT2D eigenvalue weighted by Crippen LogP contribution is -2.63. The highest BCUT2D eigenvalue weighted by Gasteiger charge is 2.51. The summed E-state index contributed by atoms with van der Waals surface area (Å²) in [5.74, 6) is 0.263. The third-order valence-electron chi connectivity index (χ3n) is 7.32. The molecule has 3 fully saturated rings. The van der Waals surface area contributed by atoms with Crippen LogP contribution >= 0.6 is 0 Å². The average Bonchev–Trinajstić information content (AvgIpc) is 3.09. The number of amides is 2. The first-order chi connectivity index (χ1) is 14.5. The number of carbonyl (C=O) groups excluding carboxylic acids is 2. The second kappa shape index (κ2) is 9.08. The van der Waals surface area contributed by atoms with E-state index in [1.54, 1.807) is 0 Å². The Kier molecular flexibility index (Phi) is 6.46. The Morgan fingerprint density at radius 3 is 2.47 bits per heavy atom. The molecule has 3 aliphatic rings. The van der Waals surface area contributed by atoms with E-state index in [1.807, 2.05) is 34.4 Å². The molecule has 0 saturated carbocycles. The van der Waals surface area contributed by atoms with Crippen molar-refractivity contribution < 1.29 is 14.3 Å². The zero-order valence-electron chi connectivity index (χ0n) is 18.6. The molecule has 0 bridgehead atoms. The zero-order chi connectivity index (χ0) is 21.1. The van der Waals surface area contributed by atoms with Gasteiger partial charge < -0.3 is 14.5 Å². The van der Waals surface area contributed by atoms with Crippen LogP contribution in [0.25, 0.3) is 0 Å². The predicted molar refractivity (Wildman–Crippen MR) is 114 cm³/mol. The molecule has 166 valence electrons. The van der Waals surface area contributed by atoms with Crippen LogP contribution in [0, 0.1) is 19.3 Å². The van der Waals surface area contributed by atoms with Crippen molar-refractivity contribution in [2.24, 2.45) is 5.41 Å². The molecule has 0 aromatic carbocycles. The standard InChI is InChI=1S/C23H36N4O3/c1-18-17-19(2)27(24-18)14-7-20(28)26-13-6-8-23(9-15-30-16-10-23)21(26)22(29)25-11-4-3-5-12-25/h17,21H,3-16H2,1-2H3. The molecule has 7 nitrogen and oxygen atoms in total. The largest absolute Gasteiger partial charge is 0.381 e. The maximum absolute atomic E-state index is 13.7. The molecule has 1 aromatic heterocycles. The first-order valence-corrected chi connectivity index (χ1v) is 11.7. The third kappa shape index (κ3) is 4.27. The van der Waals surface area contributed by atoms with Crippen LogP contribution in [-0.4, -0.2) is 70.3 Å². The smallest absolute Gasteiger partial charge is 0.245 e. The fourth-order valence-electron chi connectivity index (χ4n) is 5.70. The lowest BCUT2D eigenvalue weighted by molar-refractivity contribution is -0.162. The van der Waals surface area contributed by atoms with Crippen LogP contribution in [0.3, 0.4) is 0 Å². The highest BCUT2D eigenvalue weighted by atomic mass is 16.5. The minimum absolute atomic E-state index is 0.0866. The Morgan fingerprint density at radius 2 is 1.80 bits per heavy atom. The highest BCUT2D eigenvalue weighted by molar-refractivity contribution is 5.89. The van der Waals surface area contributed by atoms with Gasteiger partial charge in [0.25, 0.3) is 0 Å². The molecule has 1 spiro atoms. The third-order valence-corrected chi connectivity index (χ3v) is 7.32. The summed E-state index contributed by atoms with van der Waals surface area (Å²) in [6, 6.07) is 1.70. The molecule has 4 rings (SSSR count). The van der Waals surface area contributed by atoms with E-state index >= 15 is 0 Å². The molecule has 30 heavy (non-hydrogen) atoms. The summed E-state index contributed by atoms with van der Waals surface area (Å²) in [5, 5.41) is 4.49. The lowest BCUT2D eigenvalue weighted by Gasteiger charge is -2.52. The van der Waals surface area contributed by atoms with E-state index in [9.17, 15) is 9.59 Å². The van der Waals surface area contributed by atoms with E-state index in [0.717, 1.165) is 63.0 Å². The summed E-state index contributed by atoms with van der Waals surface area (Å²) >= 11 is 0. The summed E-state index contributed by atoms with van der Waals surface area (Å²) in [6.45, 7) is 8.28. The van der Waals surface area contributed by atoms with E-state index in [1.165, 1.54) is 6.42 Å². The number of aryl methyl sites for hydroxylation is 3. The van der Waals surface area contributed by atoms with E-state index in [2.05, 4.69) is 5.10 Å². The number of carbonyl (C=O) groups is 2. The summed E-state index contributed by atoms with van der Waals surface area (Å²) in [4.78, 5) is 31.1. The number of hydrogen-bond donors (Lipinski definition) is 0. The number of ether oxygens (including phenoxy) is 1. The molecule has 3 saturated heterocycles. The van der Waals surface area contributed by atoms with Crippen molar-refractivity contribution in [1.29, 1.82) is 0 Å². The Labute approximate surface area is 179 Å². The Balaban J connectivity index is 1.54. The second-order valence-electron chi connectivity index (χ2n) is 9.35. The van der Waals surface area contributed by atoms with Crippen LogP contribution in [0.2, 0.25) is 0 Å². The van der Waals surface area contributed by atoms with Gasteiger partial charge in [0.05, 0.1) is 5.69 Å². The van der Waals surface area contributed by atoms with Gasteiger partial charge in [-0.2, -0.15) is 5.10 Å². The molecule has 2 amide bonds. The first kappa shape index (κ1) is 21.3. The number of nitrogens with zero attached hydrogens (tertiary/aromatic N) is 4. The van der Waals surface area contributed by atoms with E-state index < -0.39 is 0 Å². The van der Waals surface area contributed by atoms with Crippen molar-refractivity contribution in [3.63, 3.8) is 0 Å². The van der Waals surface area contributed by atoms with Gasteiger partial charge in [-0.05, 0) is 64.9 Å². The Bertz CT molecular complexity index is 757. The van der Waals surface area contributed by atoms with Gasteiger partial charge in [-0.25, -0.2) is 0 Å². The molecule has 3 aliphatic heterocycles. The Hall–Kier alpha value is -1.89. The maximum Gasteiger partial charge on any atom is 0.245 e. The topological polar surface area (TPSA) is 67.7 Å². The van der Waals surface area contributed by atoms with E-state index in [-0.39, 0.29) is 23.3 Å². The van der Waals surface area contributed by atoms with Gasteiger partial charge in [-0.15, -0.1) is 0 Å². The lowest BCUT2D eigenvalue weighted by atomic mass is 9.67. The van der Waals surface area contributed by atoms with E-state index in [0.29, 0.717) is 32.7 Å². The first-order valence-electron chi connectivity index (χ1n) is 11.7. The van der Waals surface area contributed by atoms with Crippen LogP contribution in [-0.2, 0) is 20.9 Å². The van der Waals surface area contributed by atoms with Crippen molar-refractivity contribution in [3.05, 3.63) is 17.5 Å². The molecule has 1 aromatic rings. The van der Waals surface area contributed by atoms with Crippen LogP contribution in [0.5, 0.6) is 0 Å². The highest BCUT2D eigenvalue weighted by Crippen LogP contribution is 2.45. The quantitative estimate of drug-likeness (QED) is 0.757. The number of likely N-dealkylation sites (tertiary alicyclic amines) is 2. The van der Waals surface area contributed by atoms with Gasteiger partial charge in [0, 0.05) is 56.9 Å². The number of rotatable bonds is 4. The molecular formula is C23H36N4O3. The molecule has 7 heteroatoms. The predicted octanol–water partition coefficient (Wildman–Crippen LogP) is 2.69. The molecule has 0 N–H and O–H groups in total. The van der Waals surface area contributed by atoms with Crippen molar-refractivity contribution in [1.82, 2.24) is 19.6 Å². The van der Waals surface area contributed by atoms with Crippen LogP contribution < -0.4 is 0 Å². The minimum Gasteiger partial charge on any atom is -0.381 e. The monoisotopic (exact) mass is 416 g/mol. The van der Waals surface area contributed by atoms with Crippen LogP contribution in [0.4, 0.5) is 0 Å². The van der Waals surface area contributed by atoms with Crippen LogP contribution in [0.15, 0.2) is 6.07 Å². The number of hydrogen-bond acceptors (Lipinski definition) is 4. The van der Waals surface area contributed by atoms with Gasteiger partial charge in [-0.1, -0.05) is 0 Å². The van der Waals surface area contributed by atoms with Crippen LogP contribution in [0.1, 0.15) is 62.8 Å². The van der Waals surface area contributed by atoms with Gasteiger partial charge in [0.1, 0.15) is 6.04 Å². The second-order valence-corrected chi connectivity index (χ2v) is 9.35. The maximum atomic E-state index is 13.7. The minimum atomic E-state index is -0.332. The molecule has 1 atom stereocenters. The fourth-order valence-corrected chi connectivity index (χ4v) is 5.70. The van der Waals surface area contributed by atoms with Gasteiger partial charge in [-0.3, -0.25) is 14.3 Å². The fraction of sp³-hybridized carbons (Fsp3) is 0.783. The molecule has 0 radical (unpaired) electrons. The zero-order valence-corrected chi connectivity index (χ0v) is 18.6. The number of piperidine rings is 2. The molecule has 1 unspecified atom stereocenters. The molecular weight excluding hydrogens is 380 g/mol. The normalized spacial score (nSPS) is 24.3. The van der Waals surface area contributed by atoms with Crippen molar-refractivity contribution in [2.45, 2.75) is 77.8 Å². The average molecular weight is 417 g/mol. The molecule has 4 heterocycles. The van der Waals surface area contributed by atoms with Crippen molar-refractivity contribution in [3.8, 4) is 0 Å². The summed E-state index contributed by atoms with van der Waals surface area (Å²) in [7, 11) is 0. The summed E-state index contributed by atoms with van der Waals surface area (Å²) in [5.41, 5.74) is 1.91. The van der Waals surface area contributed by atoms with Gasteiger partial charge >= 0.3 is 0 Å². The van der Waals surface area contributed by atoms with Crippen molar-refractivity contribution in [2.75, 3.05) is 32.8 Å². The van der Waals surface area contributed by atoms with Gasteiger partial charge in [0.2, 0.25) is 11.8 Å². The summed E-state index contributed by atoms with van der Waals surface area (Å²) in [6.07, 6.45) is 7.45.